The first kappa shape index (κ1) is 21.5. The smallest absolute Gasteiger partial charge is 0.337 e. The van der Waals surface area contributed by atoms with Crippen LogP contribution < -0.4 is 9.47 Å². The molecule has 0 saturated carbocycles. The van der Waals surface area contributed by atoms with E-state index in [4.69, 9.17) is 32.7 Å². The number of carboxylic acid groups (broad SMARTS) is 2. The monoisotopic (exact) mass is 446 g/mol. The van der Waals surface area contributed by atoms with Crippen LogP contribution in [0.3, 0.4) is 0 Å². The highest BCUT2D eigenvalue weighted by Crippen LogP contribution is 2.42. The second-order valence-corrected chi connectivity index (χ2v) is 7.07. The molecular formula is C22H16Cl2O6. The van der Waals surface area contributed by atoms with Gasteiger partial charge in [-0.25, -0.2) is 9.59 Å². The number of methoxy groups -OCH3 is 2. The SMILES string of the molecule is COc1cc(-c2ccc(C(=O)O)c(Cl)c2)c(OC)cc1-c1ccc(C(=O)O)c(Cl)c1. The molecule has 0 amide bonds. The molecule has 154 valence electrons. The van der Waals surface area contributed by atoms with E-state index in [9.17, 15) is 19.8 Å². The van der Waals surface area contributed by atoms with Gasteiger partial charge in [-0.2, -0.15) is 0 Å². The van der Waals surface area contributed by atoms with E-state index in [2.05, 4.69) is 0 Å². The molecule has 0 radical (unpaired) electrons. The molecule has 0 heterocycles. The van der Waals surface area contributed by atoms with Crippen LogP contribution in [0.4, 0.5) is 0 Å². The second kappa shape index (κ2) is 8.65. The van der Waals surface area contributed by atoms with E-state index in [1.165, 1.54) is 26.4 Å². The Morgan fingerprint density at radius 3 is 1.33 bits per heavy atom. The number of aromatic carboxylic acids is 2. The molecule has 0 saturated heterocycles. The minimum Gasteiger partial charge on any atom is -0.496 e. The molecule has 2 N–H and O–H groups in total. The molecule has 0 fully saturated rings. The zero-order chi connectivity index (χ0) is 22.0. The lowest BCUT2D eigenvalue weighted by molar-refractivity contribution is 0.0686. The van der Waals surface area contributed by atoms with Gasteiger partial charge in [-0.15, -0.1) is 0 Å². The third kappa shape index (κ3) is 4.06. The van der Waals surface area contributed by atoms with E-state index < -0.39 is 11.9 Å². The number of carbonyl (C=O) groups is 2. The number of hydrogen-bond acceptors (Lipinski definition) is 4. The number of rotatable bonds is 6. The Labute approximate surface area is 182 Å². The summed E-state index contributed by atoms with van der Waals surface area (Å²) in [6, 6.07) is 12.7. The molecule has 0 aliphatic carbocycles. The summed E-state index contributed by atoms with van der Waals surface area (Å²) in [5.74, 6) is -1.26. The minimum absolute atomic E-state index is 0.00358. The lowest BCUT2D eigenvalue weighted by atomic mass is 9.96. The zero-order valence-electron chi connectivity index (χ0n) is 15.9. The standard InChI is InChI=1S/C22H16Cl2O6/c1-29-19-9-16(12-4-6-14(22(27)28)18(24)8-12)20(30-2)10-15(19)11-3-5-13(21(25)26)17(23)7-11/h3-10H,1-2H3,(H,25,26)(H,27,28). The molecule has 0 atom stereocenters. The van der Waals surface area contributed by atoms with Crippen LogP contribution in [0.2, 0.25) is 10.0 Å². The van der Waals surface area contributed by atoms with Gasteiger partial charge in [0.1, 0.15) is 11.5 Å². The highest BCUT2D eigenvalue weighted by molar-refractivity contribution is 6.34. The molecule has 3 aromatic carbocycles. The summed E-state index contributed by atoms with van der Waals surface area (Å²) >= 11 is 12.2. The first-order valence-corrected chi connectivity index (χ1v) is 9.34. The van der Waals surface area contributed by atoms with E-state index in [-0.39, 0.29) is 21.2 Å². The van der Waals surface area contributed by atoms with Gasteiger partial charge in [0.2, 0.25) is 0 Å². The maximum atomic E-state index is 11.2. The molecule has 3 rings (SSSR count). The van der Waals surface area contributed by atoms with Crippen molar-refractivity contribution in [1.29, 1.82) is 0 Å². The molecule has 0 aliphatic heterocycles. The lowest BCUT2D eigenvalue weighted by Crippen LogP contribution is -1.99. The molecule has 3 aromatic rings. The number of hydrogen-bond donors (Lipinski definition) is 2. The fraction of sp³-hybridized carbons (Fsp3) is 0.0909. The average Bonchev–Trinajstić information content (AvgIpc) is 2.71. The first-order chi connectivity index (χ1) is 14.3. The van der Waals surface area contributed by atoms with Crippen molar-refractivity contribution in [2.24, 2.45) is 0 Å². The summed E-state index contributed by atoms with van der Waals surface area (Å²) in [5.41, 5.74) is 2.57. The summed E-state index contributed by atoms with van der Waals surface area (Å²) < 4.78 is 11.1. The molecule has 30 heavy (non-hydrogen) atoms. The molecule has 0 spiro atoms. The zero-order valence-corrected chi connectivity index (χ0v) is 17.4. The van der Waals surface area contributed by atoms with E-state index in [1.54, 1.807) is 36.4 Å². The molecular weight excluding hydrogens is 431 g/mol. The van der Waals surface area contributed by atoms with Gasteiger partial charge >= 0.3 is 11.9 Å². The predicted molar refractivity (Wildman–Crippen MR) is 114 cm³/mol. The molecule has 0 aliphatic rings. The third-order valence-electron chi connectivity index (χ3n) is 4.54. The van der Waals surface area contributed by atoms with Crippen LogP contribution in [-0.2, 0) is 0 Å². The van der Waals surface area contributed by atoms with Crippen LogP contribution in [0.1, 0.15) is 20.7 Å². The average molecular weight is 447 g/mol. The highest BCUT2D eigenvalue weighted by atomic mass is 35.5. The van der Waals surface area contributed by atoms with Gasteiger partial charge in [0.05, 0.1) is 35.4 Å². The summed E-state index contributed by atoms with van der Waals surface area (Å²) in [5, 5.41) is 18.5. The summed E-state index contributed by atoms with van der Waals surface area (Å²) in [6.45, 7) is 0. The second-order valence-electron chi connectivity index (χ2n) is 6.25. The van der Waals surface area contributed by atoms with Crippen LogP contribution in [0.25, 0.3) is 22.3 Å². The third-order valence-corrected chi connectivity index (χ3v) is 5.17. The Hall–Kier alpha value is -3.22. The predicted octanol–water partition coefficient (Wildman–Crippen LogP) is 5.74. The fourth-order valence-electron chi connectivity index (χ4n) is 3.06. The molecule has 6 nitrogen and oxygen atoms in total. The van der Waals surface area contributed by atoms with E-state index >= 15 is 0 Å². The Bertz CT molecular complexity index is 1070. The van der Waals surface area contributed by atoms with E-state index in [0.717, 1.165) is 0 Å². The van der Waals surface area contributed by atoms with Gasteiger partial charge in [-0.1, -0.05) is 35.3 Å². The maximum absolute atomic E-state index is 11.2. The quantitative estimate of drug-likeness (QED) is 0.501. The van der Waals surface area contributed by atoms with Crippen molar-refractivity contribution >= 4 is 35.1 Å². The van der Waals surface area contributed by atoms with Crippen LogP contribution in [0.15, 0.2) is 48.5 Å². The highest BCUT2D eigenvalue weighted by Gasteiger charge is 2.18. The largest absolute Gasteiger partial charge is 0.496 e. The van der Waals surface area contributed by atoms with Gasteiger partial charge in [-0.05, 0) is 47.5 Å². The van der Waals surface area contributed by atoms with Crippen molar-refractivity contribution in [3.05, 3.63) is 69.7 Å². The Kier molecular flexibility index (Phi) is 6.20. The maximum Gasteiger partial charge on any atom is 0.337 e. The summed E-state index contributed by atoms with van der Waals surface area (Å²) in [7, 11) is 3.01. The summed E-state index contributed by atoms with van der Waals surface area (Å²) in [6.07, 6.45) is 0. The van der Waals surface area contributed by atoms with Crippen LogP contribution in [0.5, 0.6) is 11.5 Å². The van der Waals surface area contributed by atoms with Gasteiger partial charge in [0.25, 0.3) is 0 Å². The van der Waals surface area contributed by atoms with Crippen LogP contribution in [0, 0.1) is 0 Å². The van der Waals surface area contributed by atoms with Gasteiger partial charge in [0.15, 0.2) is 0 Å². The van der Waals surface area contributed by atoms with E-state index in [0.29, 0.717) is 33.8 Å². The lowest BCUT2D eigenvalue weighted by Gasteiger charge is -2.16. The number of carboxylic acids is 2. The molecule has 0 bridgehead atoms. The van der Waals surface area contributed by atoms with Crippen molar-refractivity contribution < 1.29 is 29.3 Å². The number of ether oxygens (including phenoxy) is 2. The Morgan fingerprint density at radius 2 is 1.07 bits per heavy atom. The van der Waals surface area contributed by atoms with Crippen molar-refractivity contribution in [3.8, 4) is 33.8 Å². The van der Waals surface area contributed by atoms with Crippen molar-refractivity contribution in [1.82, 2.24) is 0 Å². The van der Waals surface area contributed by atoms with Crippen molar-refractivity contribution in [2.75, 3.05) is 14.2 Å². The number of benzene rings is 3. The molecule has 8 heteroatoms. The van der Waals surface area contributed by atoms with Crippen molar-refractivity contribution in [3.63, 3.8) is 0 Å². The molecule has 0 aromatic heterocycles. The van der Waals surface area contributed by atoms with Gasteiger partial charge in [0, 0.05) is 11.1 Å². The van der Waals surface area contributed by atoms with Crippen molar-refractivity contribution in [2.45, 2.75) is 0 Å². The normalized spacial score (nSPS) is 10.5. The minimum atomic E-state index is -1.12. The van der Waals surface area contributed by atoms with Gasteiger partial charge < -0.3 is 19.7 Å². The number of halogens is 2. The van der Waals surface area contributed by atoms with Crippen LogP contribution >= 0.6 is 23.2 Å². The fourth-order valence-corrected chi connectivity index (χ4v) is 3.58. The first-order valence-electron chi connectivity index (χ1n) is 8.59. The Morgan fingerprint density at radius 1 is 0.700 bits per heavy atom. The van der Waals surface area contributed by atoms with E-state index in [1.807, 2.05) is 0 Å². The topological polar surface area (TPSA) is 93.1 Å². The summed E-state index contributed by atoms with van der Waals surface area (Å²) in [4.78, 5) is 22.4. The van der Waals surface area contributed by atoms with Gasteiger partial charge in [-0.3, -0.25) is 0 Å². The Balaban J connectivity index is 2.16. The molecule has 0 unspecified atom stereocenters. The van der Waals surface area contributed by atoms with Crippen LogP contribution in [-0.4, -0.2) is 36.4 Å².